The Morgan fingerprint density at radius 2 is 1.71 bits per heavy atom. The molecule has 0 aliphatic rings. The van der Waals surface area contributed by atoms with Gasteiger partial charge < -0.3 is 19.2 Å². The monoisotopic (exact) mass is 419 g/mol. The Bertz CT molecular complexity index is 1220. The lowest BCUT2D eigenvalue weighted by Gasteiger charge is -2.11. The maximum absolute atomic E-state index is 14.6. The molecule has 31 heavy (non-hydrogen) atoms. The molecule has 0 fully saturated rings. The first-order valence-corrected chi connectivity index (χ1v) is 9.90. The van der Waals surface area contributed by atoms with Crippen LogP contribution in [-0.2, 0) is 11.3 Å². The van der Waals surface area contributed by atoms with Crippen molar-refractivity contribution in [3.63, 3.8) is 0 Å². The van der Waals surface area contributed by atoms with Crippen molar-refractivity contribution >= 4 is 10.9 Å². The van der Waals surface area contributed by atoms with Gasteiger partial charge in [0.25, 0.3) is 0 Å². The summed E-state index contributed by atoms with van der Waals surface area (Å²) in [7, 11) is 1.57. The third-order valence-electron chi connectivity index (χ3n) is 4.95. The summed E-state index contributed by atoms with van der Waals surface area (Å²) >= 11 is 0. The average Bonchev–Trinajstić information content (AvgIpc) is 2.81. The largest absolute Gasteiger partial charge is 0.497 e. The number of fused-ring (bicyclic) bond motifs is 1. The highest BCUT2D eigenvalue weighted by Crippen LogP contribution is 2.27. The van der Waals surface area contributed by atoms with Gasteiger partial charge in [0.15, 0.2) is 5.43 Å². The predicted molar refractivity (Wildman–Crippen MR) is 118 cm³/mol. The highest BCUT2D eigenvalue weighted by molar-refractivity contribution is 5.88. The van der Waals surface area contributed by atoms with E-state index >= 15 is 0 Å². The minimum absolute atomic E-state index is 0.0315. The van der Waals surface area contributed by atoms with E-state index in [9.17, 15) is 9.18 Å². The van der Waals surface area contributed by atoms with E-state index in [-0.39, 0.29) is 12.0 Å². The fourth-order valence-corrected chi connectivity index (χ4v) is 3.35. The van der Waals surface area contributed by atoms with Crippen LogP contribution in [0.3, 0.4) is 0 Å². The molecule has 0 unspecified atom stereocenters. The van der Waals surface area contributed by atoms with Gasteiger partial charge in [-0.3, -0.25) is 4.79 Å². The molecule has 1 N–H and O–H groups in total. The van der Waals surface area contributed by atoms with E-state index < -0.39 is 11.2 Å². The molecule has 0 aliphatic carbocycles. The molecule has 6 heteroatoms. The van der Waals surface area contributed by atoms with E-state index in [1.54, 1.807) is 37.6 Å². The van der Waals surface area contributed by atoms with Gasteiger partial charge in [0.2, 0.25) is 0 Å². The number of aromatic nitrogens is 1. The van der Waals surface area contributed by atoms with E-state index in [2.05, 4.69) is 4.98 Å². The number of methoxy groups -OCH3 is 1. The van der Waals surface area contributed by atoms with Crippen molar-refractivity contribution in [3.8, 4) is 22.6 Å². The molecule has 1 aromatic heterocycles. The lowest BCUT2D eigenvalue weighted by Crippen LogP contribution is -2.11. The Hall–Kier alpha value is -3.64. The fourth-order valence-electron chi connectivity index (χ4n) is 3.35. The Labute approximate surface area is 179 Å². The molecule has 0 bridgehead atoms. The van der Waals surface area contributed by atoms with E-state index in [0.29, 0.717) is 41.4 Å². The molecule has 0 amide bonds. The summed E-state index contributed by atoms with van der Waals surface area (Å²) in [5, 5.41) is -0.0315. The zero-order valence-corrected chi connectivity index (χ0v) is 17.1. The van der Waals surface area contributed by atoms with Crippen LogP contribution in [0.4, 0.5) is 4.39 Å². The van der Waals surface area contributed by atoms with Crippen LogP contribution < -0.4 is 14.9 Å². The van der Waals surface area contributed by atoms with E-state index in [1.807, 2.05) is 30.3 Å². The van der Waals surface area contributed by atoms with Gasteiger partial charge >= 0.3 is 0 Å². The summed E-state index contributed by atoms with van der Waals surface area (Å²) in [6.07, 6.45) is 1.57. The number of halogens is 1. The van der Waals surface area contributed by atoms with Crippen molar-refractivity contribution in [1.29, 1.82) is 0 Å². The molecule has 4 aromatic rings. The van der Waals surface area contributed by atoms with Crippen molar-refractivity contribution in [2.75, 3.05) is 20.3 Å². The van der Waals surface area contributed by atoms with Crippen LogP contribution in [0.5, 0.6) is 11.5 Å². The number of pyridine rings is 1. The zero-order chi connectivity index (χ0) is 21.6. The van der Waals surface area contributed by atoms with Crippen LogP contribution in [0, 0.1) is 5.82 Å². The average molecular weight is 419 g/mol. The molecular weight excluding hydrogens is 397 g/mol. The summed E-state index contributed by atoms with van der Waals surface area (Å²) in [6, 6.07) is 19.6. The number of nitrogens with one attached hydrogen (secondary N) is 1. The SMILES string of the molecule is COc1ccc(-c2c[nH]c3c(OCCOCc4ccccc4)ccc(F)c3c2=O)cc1. The van der Waals surface area contributed by atoms with E-state index in [4.69, 9.17) is 14.2 Å². The van der Waals surface area contributed by atoms with Gasteiger partial charge in [0, 0.05) is 11.8 Å². The maximum atomic E-state index is 14.6. The molecule has 0 saturated carbocycles. The molecule has 3 aromatic carbocycles. The lowest BCUT2D eigenvalue weighted by molar-refractivity contribution is 0.0893. The van der Waals surface area contributed by atoms with E-state index in [1.165, 1.54) is 12.1 Å². The summed E-state index contributed by atoms with van der Waals surface area (Å²) < 4.78 is 31.1. The van der Waals surface area contributed by atoms with Crippen LogP contribution in [0.25, 0.3) is 22.0 Å². The number of rotatable bonds is 8. The third-order valence-corrected chi connectivity index (χ3v) is 4.95. The molecule has 0 aliphatic heterocycles. The van der Waals surface area contributed by atoms with Gasteiger partial charge in [0.05, 0.1) is 31.2 Å². The van der Waals surface area contributed by atoms with Crippen molar-refractivity contribution in [2.24, 2.45) is 0 Å². The highest BCUT2D eigenvalue weighted by Gasteiger charge is 2.15. The van der Waals surface area contributed by atoms with Crippen molar-refractivity contribution in [2.45, 2.75) is 6.61 Å². The molecule has 0 radical (unpaired) electrons. The molecule has 0 atom stereocenters. The van der Waals surface area contributed by atoms with Gasteiger partial charge in [-0.2, -0.15) is 0 Å². The second-order valence-electron chi connectivity index (χ2n) is 6.94. The molecule has 1 heterocycles. The second-order valence-corrected chi connectivity index (χ2v) is 6.94. The van der Waals surface area contributed by atoms with Gasteiger partial charge in [0.1, 0.15) is 23.9 Å². The molecule has 4 rings (SSSR count). The first-order valence-electron chi connectivity index (χ1n) is 9.90. The highest BCUT2D eigenvalue weighted by atomic mass is 19.1. The normalized spacial score (nSPS) is 10.9. The molecule has 0 saturated heterocycles. The quantitative estimate of drug-likeness (QED) is 0.411. The Kier molecular flexibility index (Phi) is 6.29. The number of H-pyrrole nitrogens is 1. The molecule has 5 nitrogen and oxygen atoms in total. The Morgan fingerprint density at radius 1 is 0.935 bits per heavy atom. The molecule has 0 spiro atoms. The minimum Gasteiger partial charge on any atom is -0.497 e. The third kappa shape index (κ3) is 4.59. The molecule has 158 valence electrons. The van der Waals surface area contributed by atoms with E-state index in [0.717, 1.165) is 5.56 Å². The van der Waals surface area contributed by atoms with Crippen LogP contribution in [0.2, 0.25) is 0 Å². The zero-order valence-electron chi connectivity index (χ0n) is 17.1. The Balaban J connectivity index is 1.51. The fraction of sp³-hybridized carbons (Fsp3) is 0.160. The summed E-state index contributed by atoms with van der Waals surface area (Å²) in [6.45, 7) is 1.12. The topological polar surface area (TPSA) is 60.6 Å². The van der Waals surface area contributed by atoms with Gasteiger partial charge in [-0.25, -0.2) is 4.39 Å². The van der Waals surface area contributed by atoms with Crippen molar-refractivity contribution < 1.29 is 18.6 Å². The first kappa shape index (κ1) is 20.6. The lowest BCUT2D eigenvalue weighted by atomic mass is 10.0. The van der Waals surface area contributed by atoms with Crippen molar-refractivity contribution in [3.05, 3.63) is 94.5 Å². The van der Waals surface area contributed by atoms with Gasteiger partial charge in [-0.05, 0) is 35.4 Å². The summed E-state index contributed by atoms with van der Waals surface area (Å²) in [5.41, 5.74) is 2.04. The Morgan fingerprint density at radius 3 is 2.45 bits per heavy atom. The number of benzene rings is 3. The smallest absolute Gasteiger partial charge is 0.200 e. The van der Waals surface area contributed by atoms with Crippen LogP contribution in [0.15, 0.2) is 77.7 Å². The molecular formula is C25H22FNO4. The van der Waals surface area contributed by atoms with Crippen LogP contribution in [-0.4, -0.2) is 25.3 Å². The maximum Gasteiger partial charge on any atom is 0.200 e. The second kappa shape index (κ2) is 9.45. The number of aromatic amines is 1. The standard InChI is InChI=1S/C25H22FNO4/c1-29-19-9-7-18(8-10-19)20-15-27-24-22(12-11-21(26)23(24)25(20)28)31-14-13-30-16-17-5-3-2-4-6-17/h2-12,15H,13-14,16H2,1H3,(H,27,28). The minimum atomic E-state index is -0.598. The van der Waals surface area contributed by atoms with Crippen LogP contribution >= 0.6 is 0 Å². The number of ether oxygens (including phenoxy) is 3. The van der Waals surface area contributed by atoms with Crippen molar-refractivity contribution in [1.82, 2.24) is 4.98 Å². The first-order chi connectivity index (χ1) is 15.2. The summed E-state index contributed by atoms with van der Waals surface area (Å²) in [5.74, 6) is 0.481. The van der Waals surface area contributed by atoms with Crippen LogP contribution in [0.1, 0.15) is 5.56 Å². The van der Waals surface area contributed by atoms with Gasteiger partial charge in [-0.15, -0.1) is 0 Å². The number of hydrogen-bond donors (Lipinski definition) is 1. The summed E-state index contributed by atoms with van der Waals surface area (Å²) in [4.78, 5) is 16.0. The van der Waals surface area contributed by atoms with Gasteiger partial charge in [-0.1, -0.05) is 42.5 Å². The number of hydrogen-bond acceptors (Lipinski definition) is 4. The predicted octanol–water partition coefficient (Wildman–Crippen LogP) is 4.94.